The zero-order chi connectivity index (χ0) is 24.1. The quantitative estimate of drug-likeness (QED) is 0.420. The molecule has 0 amide bonds. The number of ether oxygens (including phenoxy) is 1. The molecular formula is C24H20F3N3O3S. The molecule has 0 bridgehead atoms. The summed E-state index contributed by atoms with van der Waals surface area (Å²) in [4.78, 5) is 4.80. The van der Waals surface area contributed by atoms with Crippen LogP contribution in [0, 0.1) is 0 Å². The molecule has 0 radical (unpaired) electrons. The summed E-state index contributed by atoms with van der Waals surface area (Å²) >= 11 is 0. The van der Waals surface area contributed by atoms with Gasteiger partial charge in [0.2, 0.25) is 10.0 Å². The Bertz CT molecular complexity index is 1460. The third kappa shape index (κ3) is 4.38. The molecule has 1 aliphatic carbocycles. The topological polar surface area (TPSA) is 87.2 Å². The van der Waals surface area contributed by atoms with Crippen molar-refractivity contribution in [3.8, 4) is 11.4 Å². The highest BCUT2D eigenvalue weighted by molar-refractivity contribution is 7.89. The smallest absolute Gasteiger partial charge is 0.422 e. The molecule has 1 aliphatic rings. The lowest BCUT2D eigenvalue weighted by Gasteiger charge is -2.13. The number of para-hydroxylation sites is 3. The maximum absolute atomic E-state index is 12.4. The van der Waals surface area contributed by atoms with Gasteiger partial charge in [0.1, 0.15) is 16.5 Å². The first-order chi connectivity index (χ1) is 16.1. The van der Waals surface area contributed by atoms with Gasteiger partial charge in [-0.05, 0) is 54.3 Å². The molecule has 34 heavy (non-hydrogen) atoms. The molecular weight excluding hydrogens is 467 g/mol. The lowest BCUT2D eigenvalue weighted by atomic mass is 10.1. The fraction of sp³-hybridized carbons (Fsp3) is 0.208. The predicted octanol–water partition coefficient (Wildman–Crippen LogP) is 4.89. The monoisotopic (exact) mass is 487 g/mol. The van der Waals surface area contributed by atoms with Crippen LogP contribution in [0.4, 0.5) is 13.2 Å². The number of hydrogen-bond acceptors (Lipinski definition) is 4. The standard InChI is InChI=1S/C24H20F3N3O3S/c25-24(26,27)14-33-16-11-9-15(10-12-16)17-13-18(17)23-29-19-5-1-2-6-20(19)30(23)21-7-3-4-8-22(21)34(28,31)32/h1-12,17-18H,13-14H2,(H2,28,31,32). The number of benzene rings is 3. The van der Waals surface area contributed by atoms with Crippen molar-refractivity contribution >= 4 is 21.1 Å². The van der Waals surface area contributed by atoms with Crippen LogP contribution in [0.25, 0.3) is 16.7 Å². The van der Waals surface area contributed by atoms with Gasteiger partial charge in [0.05, 0.1) is 16.7 Å². The molecule has 5 rings (SSSR count). The van der Waals surface area contributed by atoms with E-state index in [9.17, 15) is 21.6 Å². The van der Waals surface area contributed by atoms with Gasteiger partial charge in [-0.15, -0.1) is 0 Å². The minimum Gasteiger partial charge on any atom is -0.484 e. The molecule has 0 aliphatic heterocycles. The van der Waals surface area contributed by atoms with Crippen LogP contribution >= 0.6 is 0 Å². The van der Waals surface area contributed by atoms with E-state index in [1.165, 1.54) is 18.2 Å². The molecule has 2 N–H and O–H groups in total. The van der Waals surface area contributed by atoms with Gasteiger partial charge in [0.25, 0.3) is 0 Å². The van der Waals surface area contributed by atoms with Crippen LogP contribution in [-0.4, -0.2) is 30.8 Å². The second kappa shape index (κ2) is 8.14. The van der Waals surface area contributed by atoms with Crippen LogP contribution in [0.5, 0.6) is 5.75 Å². The van der Waals surface area contributed by atoms with Crippen LogP contribution in [0.15, 0.2) is 77.7 Å². The van der Waals surface area contributed by atoms with Crippen LogP contribution < -0.4 is 9.88 Å². The van der Waals surface area contributed by atoms with Crippen molar-refractivity contribution in [1.82, 2.24) is 9.55 Å². The summed E-state index contributed by atoms with van der Waals surface area (Å²) in [7, 11) is -3.98. The summed E-state index contributed by atoms with van der Waals surface area (Å²) in [5, 5.41) is 5.49. The number of nitrogens with two attached hydrogens (primary N) is 1. The zero-order valence-electron chi connectivity index (χ0n) is 17.7. The van der Waals surface area contributed by atoms with Gasteiger partial charge < -0.3 is 4.74 Å². The van der Waals surface area contributed by atoms with E-state index in [1.54, 1.807) is 30.3 Å². The maximum atomic E-state index is 12.4. The second-order valence-corrected chi connectivity index (χ2v) is 9.76. The molecule has 6 nitrogen and oxygen atoms in total. The Morgan fingerprint density at radius 1 is 0.971 bits per heavy atom. The summed E-state index contributed by atoms with van der Waals surface area (Å²) in [5.74, 6) is 0.948. The molecule has 1 heterocycles. The lowest BCUT2D eigenvalue weighted by molar-refractivity contribution is -0.153. The van der Waals surface area contributed by atoms with Gasteiger partial charge in [-0.25, -0.2) is 18.5 Å². The SMILES string of the molecule is NS(=O)(=O)c1ccccc1-n1c(C2CC2c2ccc(OCC(F)(F)F)cc2)nc2ccccc21. The first-order valence-electron chi connectivity index (χ1n) is 10.5. The van der Waals surface area contributed by atoms with Crippen LogP contribution in [0.3, 0.4) is 0 Å². The molecule has 10 heteroatoms. The van der Waals surface area contributed by atoms with Crippen molar-refractivity contribution in [2.45, 2.75) is 29.3 Å². The third-order valence-corrected chi connectivity index (χ3v) is 6.79. The maximum Gasteiger partial charge on any atom is 0.422 e. The summed E-state index contributed by atoms with van der Waals surface area (Å²) in [6.07, 6.45) is -3.63. The molecule has 1 saturated carbocycles. The van der Waals surface area contributed by atoms with E-state index in [1.807, 2.05) is 28.8 Å². The van der Waals surface area contributed by atoms with Gasteiger partial charge in [-0.2, -0.15) is 13.2 Å². The number of aromatic nitrogens is 2. The summed E-state index contributed by atoms with van der Waals surface area (Å²) in [5.41, 5.74) is 2.86. The minimum atomic E-state index is -4.40. The molecule has 0 saturated heterocycles. The Morgan fingerprint density at radius 3 is 2.35 bits per heavy atom. The largest absolute Gasteiger partial charge is 0.484 e. The van der Waals surface area contributed by atoms with Crippen molar-refractivity contribution in [3.63, 3.8) is 0 Å². The number of sulfonamides is 1. The molecule has 1 aromatic heterocycles. The number of halogens is 3. The zero-order valence-corrected chi connectivity index (χ0v) is 18.6. The second-order valence-electron chi connectivity index (χ2n) is 8.23. The van der Waals surface area contributed by atoms with Gasteiger partial charge in [-0.3, -0.25) is 4.57 Å². The average Bonchev–Trinajstić information content (AvgIpc) is 3.50. The number of rotatable bonds is 6. The van der Waals surface area contributed by atoms with Crippen LogP contribution in [-0.2, 0) is 10.0 Å². The Labute approximate surface area is 193 Å². The first-order valence-corrected chi connectivity index (χ1v) is 12.1. The first kappa shape index (κ1) is 22.4. The number of fused-ring (bicyclic) bond motifs is 1. The van der Waals surface area contributed by atoms with E-state index in [-0.39, 0.29) is 22.5 Å². The highest BCUT2D eigenvalue weighted by atomic mass is 32.2. The van der Waals surface area contributed by atoms with Crippen molar-refractivity contribution in [1.29, 1.82) is 0 Å². The number of hydrogen-bond donors (Lipinski definition) is 1. The Kier molecular flexibility index (Phi) is 5.37. The number of imidazole rings is 1. The highest BCUT2D eigenvalue weighted by Gasteiger charge is 2.43. The van der Waals surface area contributed by atoms with Crippen LogP contribution in [0.1, 0.15) is 29.6 Å². The Hall–Kier alpha value is -3.37. The minimum absolute atomic E-state index is 0.00256. The van der Waals surface area contributed by atoms with E-state index in [0.29, 0.717) is 11.5 Å². The Morgan fingerprint density at radius 2 is 1.65 bits per heavy atom. The molecule has 1 fully saturated rings. The van der Waals surface area contributed by atoms with E-state index >= 15 is 0 Å². The number of nitrogens with zero attached hydrogens (tertiary/aromatic N) is 2. The molecule has 2 atom stereocenters. The van der Waals surface area contributed by atoms with Gasteiger partial charge >= 0.3 is 6.18 Å². The summed E-state index contributed by atoms with van der Waals surface area (Å²) in [6, 6.07) is 20.5. The molecule has 4 aromatic rings. The summed E-state index contributed by atoms with van der Waals surface area (Å²) in [6.45, 7) is -1.34. The van der Waals surface area contributed by atoms with Crippen LogP contribution in [0.2, 0.25) is 0 Å². The van der Waals surface area contributed by atoms with Crippen molar-refractivity contribution in [3.05, 3.63) is 84.2 Å². The fourth-order valence-corrected chi connectivity index (χ4v) is 4.97. The van der Waals surface area contributed by atoms with Gasteiger partial charge in [-0.1, -0.05) is 36.4 Å². The molecule has 2 unspecified atom stereocenters. The average molecular weight is 488 g/mol. The molecule has 0 spiro atoms. The van der Waals surface area contributed by atoms with E-state index in [2.05, 4.69) is 0 Å². The van der Waals surface area contributed by atoms with E-state index in [4.69, 9.17) is 14.9 Å². The fourth-order valence-electron chi connectivity index (χ4n) is 4.25. The van der Waals surface area contributed by atoms with Gasteiger partial charge in [0.15, 0.2) is 6.61 Å². The van der Waals surface area contributed by atoms with Crippen molar-refractivity contribution in [2.75, 3.05) is 6.61 Å². The Balaban J connectivity index is 1.50. The normalized spacial score (nSPS) is 18.2. The highest BCUT2D eigenvalue weighted by Crippen LogP contribution is 2.55. The molecule has 176 valence electrons. The third-order valence-electron chi connectivity index (χ3n) is 5.83. The lowest BCUT2D eigenvalue weighted by Crippen LogP contribution is -2.19. The van der Waals surface area contributed by atoms with Gasteiger partial charge in [0, 0.05) is 5.92 Å². The van der Waals surface area contributed by atoms with E-state index in [0.717, 1.165) is 23.0 Å². The van der Waals surface area contributed by atoms with Crippen molar-refractivity contribution in [2.24, 2.45) is 5.14 Å². The predicted molar refractivity (Wildman–Crippen MR) is 121 cm³/mol. The molecule has 3 aromatic carbocycles. The number of primary sulfonamides is 1. The van der Waals surface area contributed by atoms with E-state index < -0.39 is 22.8 Å². The number of alkyl halides is 3. The summed E-state index contributed by atoms with van der Waals surface area (Å²) < 4.78 is 68.3. The van der Waals surface area contributed by atoms with Crippen molar-refractivity contribution < 1.29 is 26.3 Å².